The number of amides is 1. The zero-order valence-corrected chi connectivity index (χ0v) is 20.7. The maximum atomic E-state index is 15.7. The Hall–Kier alpha value is -3.16. The fraction of sp³-hybridized carbons (Fsp3) is 0.304. The van der Waals surface area contributed by atoms with E-state index in [4.69, 9.17) is 9.84 Å². The summed E-state index contributed by atoms with van der Waals surface area (Å²) in [6.07, 6.45) is 0.197. The Bertz CT molecular complexity index is 1380. The normalized spacial score (nSPS) is 14.7. The summed E-state index contributed by atoms with van der Waals surface area (Å²) in [6.45, 7) is 0.0988. The molecule has 192 valence electrons. The van der Waals surface area contributed by atoms with Crippen LogP contribution in [-0.2, 0) is 14.8 Å². The lowest BCUT2D eigenvalue weighted by atomic mass is 9.98. The molecule has 8 nitrogen and oxygen atoms in total. The maximum absolute atomic E-state index is 15.7. The Labute approximate surface area is 209 Å². The SMILES string of the molecule is COCN(c1cccc(-c2csc(C3CCN(C(=O)O)CC3)n2)c1F)S(=O)(=O)c1cc(F)ccc1F. The number of anilines is 1. The van der Waals surface area contributed by atoms with Crippen LogP contribution in [0.1, 0.15) is 23.8 Å². The number of rotatable bonds is 7. The van der Waals surface area contributed by atoms with E-state index in [1.807, 2.05) is 0 Å². The van der Waals surface area contributed by atoms with Gasteiger partial charge in [0, 0.05) is 37.1 Å². The topological polar surface area (TPSA) is 100 Å². The Morgan fingerprint density at radius 2 is 1.94 bits per heavy atom. The second-order valence-electron chi connectivity index (χ2n) is 8.10. The summed E-state index contributed by atoms with van der Waals surface area (Å²) in [5, 5.41) is 11.5. The first-order valence-electron chi connectivity index (χ1n) is 10.8. The Morgan fingerprint density at radius 3 is 2.61 bits per heavy atom. The molecule has 2 heterocycles. The standard InChI is InChI=1S/C23H22F3N3O5S2/c1-34-13-29(36(32,33)20-11-15(24)5-6-17(20)25)19-4-2-3-16(21(19)26)18-12-35-22(27-18)14-7-9-28(10-8-14)23(30)31/h2-6,11-12,14H,7-10,13H2,1H3,(H,30,31). The molecular weight excluding hydrogens is 519 g/mol. The fourth-order valence-electron chi connectivity index (χ4n) is 4.01. The van der Waals surface area contributed by atoms with Crippen molar-refractivity contribution in [2.75, 3.05) is 31.2 Å². The van der Waals surface area contributed by atoms with Gasteiger partial charge >= 0.3 is 6.09 Å². The largest absolute Gasteiger partial charge is 0.465 e. The van der Waals surface area contributed by atoms with E-state index < -0.39 is 50.9 Å². The van der Waals surface area contributed by atoms with Crippen molar-refractivity contribution in [1.29, 1.82) is 0 Å². The van der Waals surface area contributed by atoms with Gasteiger partial charge in [0.2, 0.25) is 0 Å². The lowest BCUT2D eigenvalue weighted by molar-refractivity contribution is 0.132. The number of carbonyl (C=O) groups is 1. The molecule has 4 rings (SSSR count). The Morgan fingerprint density at radius 1 is 1.22 bits per heavy atom. The summed E-state index contributed by atoms with van der Waals surface area (Å²) >= 11 is 1.31. The molecule has 1 N–H and O–H groups in total. The van der Waals surface area contributed by atoms with Crippen molar-refractivity contribution in [3.05, 3.63) is 64.2 Å². The molecule has 0 saturated carbocycles. The van der Waals surface area contributed by atoms with E-state index in [2.05, 4.69) is 4.98 Å². The highest BCUT2D eigenvalue weighted by molar-refractivity contribution is 7.92. The van der Waals surface area contributed by atoms with Crippen molar-refractivity contribution in [3.8, 4) is 11.3 Å². The second kappa shape index (κ2) is 10.4. The van der Waals surface area contributed by atoms with Crippen molar-refractivity contribution in [1.82, 2.24) is 9.88 Å². The van der Waals surface area contributed by atoms with Crippen LogP contribution in [0.3, 0.4) is 0 Å². The molecular formula is C23H22F3N3O5S2. The first-order chi connectivity index (χ1) is 17.1. The molecule has 1 amide bonds. The number of ether oxygens (including phenoxy) is 1. The third kappa shape index (κ3) is 5.04. The van der Waals surface area contributed by atoms with Crippen LogP contribution in [0.5, 0.6) is 0 Å². The summed E-state index contributed by atoms with van der Waals surface area (Å²) in [5.74, 6) is -3.06. The number of methoxy groups -OCH3 is 1. The van der Waals surface area contributed by atoms with E-state index in [-0.39, 0.29) is 17.2 Å². The number of hydrogen-bond donors (Lipinski definition) is 1. The smallest absolute Gasteiger partial charge is 0.407 e. The highest BCUT2D eigenvalue weighted by atomic mass is 32.2. The third-order valence-corrected chi connectivity index (χ3v) is 8.63. The van der Waals surface area contributed by atoms with E-state index in [1.165, 1.54) is 41.5 Å². The van der Waals surface area contributed by atoms with Gasteiger partial charge in [-0.1, -0.05) is 6.07 Å². The molecule has 2 aromatic carbocycles. The summed E-state index contributed by atoms with van der Waals surface area (Å²) < 4.78 is 75.6. The third-order valence-electron chi connectivity index (χ3n) is 5.87. The van der Waals surface area contributed by atoms with Crippen LogP contribution in [0.15, 0.2) is 46.7 Å². The van der Waals surface area contributed by atoms with Gasteiger partial charge in [-0.25, -0.2) is 35.7 Å². The van der Waals surface area contributed by atoms with Gasteiger partial charge in [0.25, 0.3) is 10.0 Å². The lowest BCUT2D eigenvalue weighted by Crippen LogP contribution is -2.36. The first-order valence-corrected chi connectivity index (χ1v) is 13.1. The van der Waals surface area contributed by atoms with Gasteiger partial charge in [0.05, 0.1) is 16.4 Å². The monoisotopic (exact) mass is 541 g/mol. The van der Waals surface area contributed by atoms with Crippen LogP contribution < -0.4 is 4.31 Å². The molecule has 36 heavy (non-hydrogen) atoms. The molecule has 3 aromatic rings. The molecule has 1 aliphatic heterocycles. The number of piperidine rings is 1. The van der Waals surface area contributed by atoms with Crippen molar-refractivity contribution in [2.24, 2.45) is 0 Å². The highest BCUT2D eigenvalue weighted by Gasteiger charge is 2.32. The summed E-state index contributed by atoms with van der Waals surface area (Å²) in [5.41, 5.74) is -0.113. The average Bonchev–Trinajstić information content (AvgIpc) is 3.34. The molecule has 0 spiro atoms. The average molecular weight is 542 g/mol. The molecule has 1 aromatic heterocycles. The van der Waals surface area contributed by atoms with Crippen molar-refractivity contribution in [2.45, 2.75) is 23.7 Å². The van der Waals surface area contributed by atoms with Crippen LogP contribution in [0, 0.1) is 17.5 Å². The number of carboxylic acid groups (broad SMARTS) is 1. The van der Waals surface area contributed by atoms with Gasteiger partial charge in [-0.2, -0.15) is 0 Å². The lowest BCUT2D eigenvalue weighted by Gasteiger charge is -2.28. The highest BCUT2D eigenvalue weighted by Crippen LogP contribution is 2.37. The van der Waals surface area contributed by atoms with Gasteiger partial charge < -0.3 is 14.7 Å². The molecule has 0 aliphatic carbocycles. The van der Waals surface area contributed by atoms with Crippen LogP contribution in [-0.4, -0.2) is 56.4 Å². The van der Waals surface area contributed by atoms with E-state index in [0.29, 0.717) is 42.4 Å². The maximum Gasteiger partial charge on any atom is 0.407 e. The molecule has 1 aliphatic rings. The Balaban J connectivity index is 1.67. The van der Waals surface area contributed by atoms with E-state index in [0.717, 1.165) is 11.1 Å². The first kappa shape index (κ1) is 25.9. The van der Waals surface area contributed by atoms with Gasteiger partial charge in [0.15, 0.2) is 5.82 Å². The molecule has 0 bridgehead atoms. The minimum atomic E-state index is -4.73. The summed E-state index contributed by atoms with van der Waals surface area (Å²) in [7, 11) is -3.54. The minimum Gasteiger partial charge on any atom is -0.465 e. The number of hydrogen-bond acceptors (Lipinski definition) is 6. The molecule has 0 unspecified atom stereocenters. The van der Waals surface area contributed by atoms with Crippen LogP contribution in [0.4, 0.5) is 23.7 Å². The van der Waals surface area contributed by atoms with E-state index in [9.17, 15) is 22.0 Å². The van der Waals surface area contributed by atoms with Gasteiger partial charge in [-0.05, 0) is 43.2 Å². The number of halogens is 3. The Kier molecular flexibility index (Phi) is 7.52. The van der Waals surface area contributed by atoms with Gasteiger partial charge in [0.1, 0.15) is 23.3 Å². The summed E-state index contributed by atoms with van der Waals surface area (Å²) in [4.78, 5) is 16.0. The van der Waals surface area contributed by atoms with Crippen molar-refractivity contribution >= 4 is 33.1 Å². The van der Waals surface area contributed by atoms with E-state index >= 15 is 4.39 Å². The van der Waals surface area contributed by atoms with E-state index in [1.54, 1.807) is 5.38 Å². The minimum absolute atomic E-state index is 0.0203. The van der Waals surface area contributed by atoms with Gasteiger partial charge in [-0.3, -0.25) is 0 Å². The van der Waals surface area contributed by atoms with Gasteiger partial charge in [-0.15, -0.1) is 11.3 Å². The van der Waals surface area contributed by atoms with Crippen LogP contribution >= 0.6 is 11.3 Å². The van der Waals surface area contributed by atoms with Crippen molar-refractivity contribution in [3.63, 3.8) is 0 Å². The summed E-state index contributed by atoms with van der Waals surface area (Å²) in [6, 6.07) is 6.04. The molecule has 0 atom stereocenters. The number of nitrogens with zero attached hydrogens (tertiary/aromatic N) is 3. The predicted molar refractivity (Wildman–Crippen MR) is 127 cm³/mol. The zero-order chi connectivity index (χ0) is 26.0. The zero-order valence-electron chi connectivity index (χ0n) is 19.0. The molecule has 1 fully saturated rings. The number of aromatic nitrogens is 1. The fourth-order valence-corrected chi connectivity index (χ4v) is 6.45. The number of thiazole rings is 1. The number of sulfonamides is 1. The quantitative estimate of drug-likeness (QED) is 0.428. The molecule has 13 heteroatoms. The van der Waals surface area contributed by atoms with Crippen LogP contribution in [0.25, 0.3) is 11.3 Å². The molecule has 1 saturated heterocycles. The number of likely N-dealkylation sites (tertiary alicyclic amines) is 1. The molecule has 0 radical (unpaired) electrons. The predicted octanol–water partition coefficient (Wildman–Crippen LogP) is 4.88. The van der Waals surface area contributed by atoms with Crippen LogP contribution in [0.2, 0.25) is 0 Å². The van der Waals surface area contributed by atoms with Crippen molar-refractivity contribution < 1.29 is 36.2 Å². The number of benzene rings is 2. The second-order valence-corrected chi connectivity index (χ2v) is 10.8.